The van der Waals surface area contributed by atoms with E-state index >= 15 is 0 Å². The first-order chi connectivity index (χ1) is 11.7. The lowest BCUT2D eigenvalue weighted by Gasteiger charge is -2.32. The summed E-state index contributed by atoms with van der Waals surface area (Å²) in [5, 5.41) is 3.34. The Morgan fingerprint density at radius 3 is 2.44 bits per heavy atom. The summed E-state index contributed by atoms with van der Waals surface area (Å²) in [5.41, 5.74) is -0.241. The van der Waals surface area contributed by atoms with E-state index in [1.807, 2.05) is 25.7 Å². The Balaban J connectivity index is 2.08. The van der Waals surface area contributed by atoms with Crippen molar-refractivity contribution in [1.29, 1.82) is 0 Å². The zero-order valence-corrected chi connectivity index (χ0v) is 15.6. The van der Waals surface area contributed by atoms with Gasteiger partial charge in [-0.3, -0.25) is 4.79 Å². The molecule has 1 amide bonds. The third kappa shape index (κ3) is 5.34. The molecule has 0 atom stereocenters. The van der Waals surface area contributed by atoms with Crippen LogP contribution in [0.2, 0.25) is 0 Å². The number of rotatable bonds is 4. The van der Waals surface area contributed by atoms with Crippen molar-refractivity contribution in [3.05, 3.63) is 17.8 Å². The van der Waals surface area contributed by atoms with E-state index in [9.17, 15) is 9.59 Å². The second kappa shape index (κ2) is 7.72. The smallest absolute Gasteiger partial charge is 0.342 e. The van der Waals surface area contributed by atoms with Crippen molar-refractivity contribution in [2.75, 3.05) is 25.5 Å². The van der Waals surface area contributed by atoms with E-state index in [4.69, 9.17) is 9.47 Å². The summed E-state index contributed by atoms with van der Waals surface area (Å²) < 4.78 is 10.7. The van der Waals surface area contributed by atoms with E-state index < -0.39 is 11.6 Å². The number of carbonyl (C=O) groups excluding carboxylic acids is 2. The quantitative estimate of drug-likeness (QED) is 0.841. The average molecular weight is 349 g/mol. The molecule has 0 bridgehead atoms. The van der Waals surface area contributed by atoms with Crippen LogP contribution in [0.15, 0.2) is 12.3 Å². The standard InChI is InChI=1S/C18H27N3O4/c1-12(22)21-8-6-13(7-9-21)20-16-10-14(15(24-5)11-19-16)17(23)25-18(2,3)4/h10-11,13H,6-9H2,1-5H3,(H,19,20). The van der Waals surface area contributed by atoms with Gasteiger partial charge in [0, 0.05) is 26.1 Å². The fourth-order valence-electron chi connectivity index (χ4n) is 2.72. The molecule has 0 radical (unpaired) electrons. The van der Waals surface area contributed by atoms with E-state index in [2.05, 4.69) is 10.3 Å². The second-order valence-electron chi connectivity index (χ2n) is 7.20. The van der Waals surface area contributed by atoms with Crippen molar-refractivity contribution in [3.8, 4) is 5.75 Å². The molecule has 1 aliphatic heterocycles. The highest BCUT2D eigenvalue weighted by Gasteiger charge is 2.24. The van der Waals surface area contributed by atoms with Crippen molar-refractivity contribution in [2.24, 2.45) is 0 Å². The van der Waals surface area contributed by atoms with Crippen molar-refractivity contribution in [3.63, 3.8) is 0 Å². The van der Waals surface area contributed by atoms with Crippen LogP contribution in [0.5, 0.6) is 5.75 Å². The van der Waals surface area contributed by atoms with Gasteiger partial charge >= 0.3 is 5.97 Å². The summed E-state index contributed by atoms with van der Waals surface area (Å²) in [6.45, 7) is 8.50. The van der Waals surface area contributed by atoms with Gasteiger partial charge in [-0.1, -0.05) is 0 Å². The number of amides is 1. The Kier molecular flexibility index (Phi) is 5.87. The Labute approximate surface area is 148 Å². The Bertz CT molecular complexity index is 632. The van der Waals surface area contributed by atoms with Gasteiger partial charge in [0.05, 0.1) is 13.3 Å². The van der Waals surface area contributed by atoms with Gasteiger partial charge in [0.2, 0.25) is 5.91 Å². The predicted molar refractivity (Wildman–Crippen MR) is 94.9 cm³/mol. The molecule has 7 nitrogen and oxygen atoms in total. The molecule has 1 aliphatic rings. The molecule has 2 heterocycles. The maximum atomic E-state index is 12.4. The van der Waals surface area contributed by atoms with Gasteiger partial charge in [0.1, 0.15) is 17.0 Å². The zero-order valence-electron chi connectivity index (χ0n) is 15.6. The summed E-state index contributed by atoms with van der Waals surface area (Å²) in [5.74, 6) is 0.642. The highest BCUT2D eigenvalue weighted by atomic mass is 16.6. The van der Waals surface area contributed by atoms with Crippen LogP contribution in [0.1, 0.15) is 50.9 Å². The number of esters is 1. The van der Waals surface area contributed by atoms with Crippen LogP contribution in [0.3, 0.4) is 0 Å². The fourth-order valence-corrected chi connectivity index (χ4v) is 2.72. The molecular formula is C18H27N3O4. The number of hydrogen-bond acceptors (Lipinski definition) is 6. The third-order valence-corrected chi connectivity index (χ3v) is 4.00. The van der Waals surface area contributed by atoms with Crippen LogP contribution >= 0.6 is 0 Å². The average Bonchev–Trinajstić information content (AvgIpc) is 2.53. The van der Waals surface area contributed by atoms with E-state index in [0.717, 1.165) is 25.9 Å². The summed E-state index contributed by atoms with van der Waals surface area (Å²) in [6, 6.07) is 1.87. The first kappa shape index (κ1) is 19.0. The summed E-state index contributed by atoms with van der Waals surface area (Å²) in [4.78, 5) is 29.9. The minimum atomic E-state index is -0.585. The lowest BCUT2D eigenvalue weighted by molar-refractivity contribution is -0.129. The van der Waals surface area contributed by atoms with Crippen molar-refractivity contribution in [1.82, 2.24) is 9.88 Å². The number of likely N-dealkylation sites (tertiary alicyclic amines) is 1. The molecule has 1 aromatic rings. The minimum Gasteiger partial charge on any atom is -0.494 e. The van der Waals surface area contributed by atoms with E-state index in [1.165, 1.54) is 13.3 Å². The molecule has 2 rings (SSSR count). The molecule has 1 N–H and O–H groups in total. The van der Waals surface area contributed by atoms with Crippen LogP contribution in [-0.4, -0.2) is 53.6 Å². The molecule has 138 valence electrons. The molecule has 25 heavy (non-hydrogen) atoms. The Morgan fingerprint density at radius 2 is 1.92 bits per heavy atom. The number of carbonyl (C=O) groups is 2. The zero-order chi connectivity index (χ0) is 18.6. The molecule has 0 spiro atoms. The number of aromatic nitrogens is 1. The molecule has 1 aromatic heterocycles. The van der Waals surface area contributed by atoms with E-state index in [1.54, 1.807) is 13.0 Å². The Hall–Kier alpha value is -2.31. The largest absolute Gasteiger partial charge is 0.494 e. The lowest BCUT2D eigenvalue weighted by atomic mass is 10.0. The number of nitrogens with zero attached hydrogens (tertiary/aromatic N) is 2. The number of pyridine rings is 1. The molecule has 7 heteroatoms. The van der Waals surface area contributed by atoms with E-state index in [-0.39, 0.29) is 11.9 Å². The number of methoxy groups -OCH3 is 1. The van der Waals surface area contributed by atoms with Gasteiger partial charge in [0.25, 0.3) is 0 Å². The number of piperidine rings is 1. The molecule has 1 fully saturated rings. The molecule has 0 saturated carbocycles. The monoisotopic (exact) mass is 349 g/mol. The topological polar surface area (TPSA) is 80.8 Å². The normalized spacial score (nSPS) is 15.6. The fraction of sp³-hybridized carbons (Fsp3) is 0.611. The molecule has 0 aromatic carbocycles. The van der Waals surface area contributed by atoms with Gasteiger partial charge in [0.15, 0.2) is 5.75 Å². The van der Waals surface area contributed by atoms with Gasteiger partial charge in [-0.2, -0.15) is 0 Å². The molecule has 0 unspecified atom stereocenters. The van der Waals surface area contributed by atoms with Crippen LogP contribution in [0.4, 0.5) is 5.82 Å². The van der Waals surface area contributed by atoms with E-state index in [0.29, 0.717) is 17.1 Å². The van der Waals surface area contributed by atoms with Gasteiger partial charge in [-0.15, -0.1) is 0 Å². The maximum absolute atomic E-state index is 12.4. The molecule has 1 saturated heterocycles. The van der Waals surface area contributed by atoms with Crippen LogP contribution in [-0.2, 0) is 9.53 Å². The summed E-state index contributed by atoms with van der Waals surface area (Å²) >= 11 is 0. The minimum absolute atomic E-state index is 0.105. The van der Waals surface area contributed by atoms with Crippen LogP contribution in [0, 0.1) is 0 Å². The lowest BCUT2D eigenvalue weighted by Crippen LogP contribution is -2.41. The predicted octanol–water partition coefficient (Wildman–Crippen LogP) is 2.47. The number of ether oxygens (including phenoxy) is 2. The number of anilines is 1. The van der Waals surface area contributed by atoms with Crippen LogP contribution < -0.4 is 10.1 Å². The highest BCUT2D eigenvalue weighted by molar-refractivity contribution is 5.93. The second-order valence-corrected chi connectivity index (χ2v) is 7.20. The third-order valence-electron chi connectivity index (χ3n) is 4.00. The van der Waals surface area contributed by atoms with Gasteiger partial charge < -0.3 is 19.7 Å². The van der Waals surface area contributed by atoms with Crippen molar-refractivity contribution >= 4 is 17.7 Å². The first-order valence-electron chi connectivity index (χ1n) is 8.49. The van der Waals surface area contributed by atoms with Crippen LogP contribution in [0.25, 0.3) is 0 Å². The summed E-state index contributed by atoms with van der Waals surface area (Å²) in [6.07, 6.45) is 3.20. The first-order valence-corrected chi connectivity index (χ1v) is 8.49. The summed E-state index contributed by atoms with van der Waals surface area (Å²) in [7, 11) is 1.50. The van der Waals surface area contributed by atoms with Gasteiger partial charge in [-0.25, -0.2) is 9.78 Å². The van der Waals surface area contributed by atoms with Gasteiger partial charge in [-0.05, 0) is 39.7 Å². The molecule has 0 aliphatic carbocycles. The SMILES string of the molecule is COc1cnc(NC2CCN(C(C)=O)CC2)cc1C(=O)OC(C)(C)C. The number of hydrogen-bond donors (Lipinski definition) is 1. The molecular weight excluding hydrogens is 322 g/mol. The Morgan fingerprint density at radius 1 is 1.28 bits per heavy atom. The van der Waals surface area contributed by atoms with Crippen molar-refractivity contribution < 1.29 is 19.1 Å². The van der Waals surface area contributed by atoms with Crippen molar-refractivity contribution in [2.45, 2.75) is 52.2 Å². The maximum Gasteiger partial charge on any atom is 0.342 e. The highest BCUT2D eigenvalue weighted by Crippen LogP contribution is 2.24. The number of nitrogens with one attached hydrogen (secondary N) is 1.